The second-order valence-electron chi connectivity index (χ2n) is 5.38. The zero-order valence-corrected chi connectivity index (χ0v) is 12.4. The number of fused-ring (bicyclic) bond motifs is 1. The molecule has 0 spiro atoms. The van der Waals surface area contributed by atoms with Gasteiger partial charge >= 0.3 is 0 Å². The van der Waals surface area contributed by atoms with E-state index in [1.807, 2.05) is 77.5 Å². The SMILES string of the molecule is [B]c1ccc2c(c1)c(=O)n(-c1ccccc1)n2-c1ccccc1. The molecule has 23 heavy (non-hydrogen) atoms. The lowest BCUT2D eigenvalue weighted by molar-refractivity contribution is 0.742. The van der Waals surface area contributed by atoms with E-state index < -0.39 is 0 Å². The molecular weight excluding hydrogens is 283 g/mol. The van der Waals surface area contributed by atoms with Gasteiger partial charge in [-0.3, -0.25) is 4.79 Å². The van der Waals surface area contributed by atoms with Crippen molar-refractivity contribution in [1.29, 1.82) is 0 Å². The molecule has 0 aliphatic rings. The van der Waals surface area contributed by atoms with Crippen LogP contribution >= 0.6 is 0 Å². The lowest BCUT2D eigenvalue weighted by Gasteiger charge is -2.12. The monoisotopic (exact) mass is 296 g/mol. The molecule has 0 aliphatic carbocycles. The van der Waals surface area contributed by atoms with E-state index in [-0.39, 0.29) is 5.56 Å². The highest BCUT2D eigenvalue weighted by atomic mass is 16.1. The second kappa shape index (κ2) is 5.32. The fourth-order valence-corrected chi connectivity index (χ4v) is 2.85. The first-order chi connectivity index (χ1) is 11.3. The summed E-state index contributed by atoms with van der Waals surface area (Å²) in [5.41, 5.74) is 3.07. The highest BCUT2D eigenvalue weighted by Gasteiger charge is 2.15. The van der Waals surface area contributed by atoms with E-state index in [9.17, 15) is 4.79 Å². The first-order valence-corrected chi connectivity index (χ1v) is 7.40. The zero-order valence-electron chi connectivity index (χ0n) is 12.4. The van der Waals surface area contributed by atoms with Gasteiger partial charge in [-0.1, -0.05) is 54.0 Å². The van der Waals surface area contributed by atoms with Crippen molar-refractivity contribution in [3.8, 4) is 11.4 Å². The maximum absolute atomic E-state index is 13.0. The van der Waals surface area contributed by atoms with Crippen molar-refractivity contribution in [1.82, 2.24) is 9.36 Å². The van der Waals surface area contributed by atoms with Gasteiger partial charge in [0, 0.05) is 0 Å². The number of aromatic nitrogens is 2. The minimum Gasteiger partial charge on any atom is -0.267 e. The summed E-state index contributed by atoms with van der Waals surface area (Å²) < 4.78 is 3.60. The number of rotatable bonds is 2. The summed E-state index contributed by atoms with van der Waals surface area (Å²) in [6.45, 7) is 0. The molecule has 3 nitrogen and oxygen atoms in total. The van der Waals surface area contributed by atoms with Crippen molar-refractivity contribution in [3.05, 3.63) is 89.2 Å². The van der Waals surface area contributed by atoms with E-state index in [1.165, 1.54) is 0 Å². The summed E-state index contributed by atoms with van der Waals surface area (Å²) in [4.78, 5) is 13.0. The zero-order chi connectivity index (χ0) is 15.8. The second-order valence-corrected chi connectivity index (χ2v) is 5.38. The van der Waals surface area contributed by atoms with Gasteiger partial charge in [0.2, 0.25) is 0 Å². The van der Waals surface area contributed by atoms with Crippen molar-refractivity contribution < 1.29 is 0 Å². The number of para-hydroxylation sites is 2. The Morgan fingerprint density at radius 1 is 0.696 bits per heavy atom. The largest absolute Gasteiger partial charge is 0.279 e. The molecule has 0 atom stereocenters. The van der Waals surface area contributed by atoms with Crippen molar-refractivity contribution in [2.24, 2.45) is 0 Å². The highest BCUT2D eigenvalue weighted by Crippen LogP contribution is 2.19. The van der Waals surface area contributed by atoms with Gasteiger partial charge in [0.1, 0.15) is 7.85 Å². The predicted octanol–water partition coefficient (Wildman–Crippen LogP) is 2.58. The first-order valence-electron chi connectivity index (χ1n) is 7.40. The number of benzene rings is 3. The third-order valence-corrected chi connectivity index (χ3v) is 3.87. The Balaban J connectivity index is 2.16. The molecule has 4 heteroatoms. The van der Waals surface area contributed by atoms with E-state index in [0.717, 1.165) is 16.9 Å². The topological polar surface area (TPSA) is 26.9 Å². The van der Waals surface area contributed by atoms with Gasteiger partial charge in [-0.2, -0.15) is 0 Å². The van der Waals surface area contributed by atoms with Crippen LogP contribution < -0.4 is 11.0 Å². The maximum atomic E-state index is 13.0. The lowest BCUT2D eigenvalue weighted by Crippen LogP contribution is -2.20. The van der Waals surface area contributed by atoms with Gasteiger partial charge < -0.3 is 0 Å². The van der Waals surface area contributed by atoms with E-state index in [4.69, 9.17) is 7.85 Å². The van der Waals surface area contributed by atoms with Gasteiger partial charge in [-0.25, -0.2) is 9.36 Å². The van der Waals surface area contributed by atoms with Crippen molar-refractivity contribution in [2.45, 2.75) is 0 Å². The van der Waals surface area contributed by atoms with E-state index >= 15 is 0 Å². The third-order valence-electron chi connectivity index (χ3n) is 3.87. The Morgan fingerprint density at radius 3 is 1.87 bits per heavy atom. The quantitative estimate of drug-likeness (QED) is 0.522. The van der Waals surface area contributed by atoms with Crippen LogP contribution in [0.4, 0.5) is 0 Å². The van der Waals surface area contributed by atoms with Crippen LogP contribution in [0.15, 0.2) is 83.7 Å². The van der Waals surface area contributed by atoms with Gasteiger partial charge in [0.25, 0.3) is 5.56 Å². The summed E-state index contributed by atoms with van der Waals surface area (Å²) in [5, 5.41) is 0.609. The molecule has 0 saturated carbocycles. The van der Waals surface area contributed by atoms with Gasteiger partial charge in [-0.05, 0) is 30.3 Å². The van der Waals surface area contributed by atoms with Crippen molar-refractivity contribution >= 4 is 24.2 Å². The van der Waals surface area contributed by atoms with Crippen LogP contribution in [0.5, 0.6) is 0 Å². The van der Waals surface area contributed by atoms with Crippen LogP contribution in [-0.2, 0) is 0 Å². The number of hydrogen-bond donors (Lipinski definition) is 0. The molecule has 0 saturated heterocycles. The molecule has 4 rings (SSSR count). The molecule has 2 radical (unpaired) electrons. The molecule has 0 unspecified atom stereocenters. The predicted molar refractivity (Wildman–Crippen MR) is 94.3 cm³/mol. The molecule has 108 valence electrons. The molecule has 4 aromatic rings. The Morgan fingerprint density at radius 2 is 1.26 bits per heavy atom. The number of hydrogen-bond acceptors (Lipinski definition) is 1. The molecule has 0 fully saturated rings. The maximum Gasteiger partial charge on any atom is 0.279 e. The molecule has 0 bridgehead atoms. The van der Waals surface area contributed by atoms with Crippen molar-refractivity contribution in [2.75, 3.05) is 0 Å². The molecule has 3 aromatic carbocycles. The van der Waals surface area contributed by atoms with Crippen LogP contribution in [-0.4, -0.2) is 17.2 Å². The average Bonchev–Trinajstić information content (AvgIpc) is 2.89. The standard InChI is InChI=1S/C19H13BN2O/c20-14-11-12-18-17(13-14)19(23)22(16-9-5-2-6-10-16)21(18)15-7-3-1-4-8-15/h1-13H. The summed E-state index contributed by atoms with van der Waals surface area (Å²) in [6.07, 6.45) is 0. The number of nitrogens with zero attached hydrogens (tertiary/aromatic N) is 2. The fraction of sp³-hybridized carbons (Fsp3) is 0. The first kappa shape index (κ1) is 13.6. The van der Waals surface area contributed by atoms with Gasteiger partial charge in [0.05, 0.1) is 22.3 Å². The molecule has 1 heterocycles. The van der Waals surface area contributed by atoms with E-state index in [0.29, 0.717) is 10.8 Å². The van der Waals surface area contributed by atoms with Crippen LogP contribution in [0, 0.1) is 0 Å². The van der Waals surface area contributed by atoms with Crippen LogP contribution in [0.25, 0.3) is 22.3 Å². The fourth-order valence-electron chi connectivity index (χ4n) is 2.85. The highest BCUT2D eigenvalue weighted by molar-refractivity contribution is 6.33. The molecule has 1 aromatic heterocycles. The van der Waals surface area contributed by atoms with Crippen molar-refractivity contribution in [3.63, 3.8) is 0 Å². The van der Waals surface area contributed by atoms with Gasteiger partial charge in [0.15, 0.2) is 0 Å². The summed E-state index contributed by atoms with van der Waals surface area (Å²) >= 11 is 0. The lowest BCUT2D eigenvalue weighted by atomic mass is 9.95. The Labute approximate surface area is 134 Å². The van der Waals surface area contributed by atoms with Crippen LogP contribution in [0.1, 0.15) is 0 Å². The summed E-state index contributed by atoms with van der Waals surface area (Å²) in [6, 6.07) is 24.9. The molecular formula is C19H13BN2O. The summed E-state index contributed by atoms with van der Waals surface area (Å²) in [7, 11) is 5.87. The summed E-state index contributed by atoms with van der Waals surface area (Å²) in [5.74, 6) is 0. The third kappa shape index (κ3) is 2.19. The smallest absolute Gasteiger partial charge is 0.267 e. The van der Waals surface area contributed by atoms with Gasteiger partial charge in [-0.15, -0.1) is 0 Å². The molecule has 0 amide bonds. The van der Waals surface area contributed by atoms with Crippen LogP contribution in [0.3, 0.4) is 0 Å². The Hall–Kier alpha value is -3.01. The Kier molecular flexibility index (Phi) is 3.16. The molecule has 0 aliphatic heterocycles. The Bertz CT molecular complexity index is 1030. The average molecular weight is 296 g/mol. The molecule has 0 N–H and O–H groups in total. The minimum absolute atomic E-state index is 0.0812. The normalized spacial score (nSPS) is 11.0. The minimum atomic E-state index is -0.0812. The van der Waals surface area contributed by atoms with Crippen LogP contribution in [0.2, 0.25) is 0 Å². The van der Waals surface area contributed by atoms with E-state index in [1.54, 1.807) is 10.7 Å². The van der Waals surface area contributed by atoms with E-state index in [2.05, 4.69) is 0 Å².